The van der Waals surface area contributed by atoms with E-state index in [9.17, 15) is 19.6 Å². The number of pyridine rings is 1. The number of carbonyl (C=O) groups excluding carboxylic acids is 3. The van der Waals surface area contributed by atoms with Gasteiger partial charge < -0.3 is 24.4 Å². The molecule has 2 aliphatic rings. The van der Waals surface area contributed by atoms with Gasteiger partial charge in [-0.15, -0.1) is 0 Å². The number of carbonyl (C=O) groups is 3. The van der Waals surface area contributed by atoms with E-state index in [0.717, 1.165) is 30.2 Å². The fourth-order valence-corrected chi connectivity index (χ4v) is 5.14. The zero-order valence-corrected chi connectivity index (χ0v) is 23.0. The molecule has 0 spiro atoms. The number of rotatable bonds is 2. The van der Waals surface area contributed by atoms with Gasteiger partial charge in [0.25, 0.3) is 0 Å². The Bertz CT molecular complexity index is 1280. The van der Waals surface area contributed by atoms with Crippen molar-refractivity contribution in [3.8, 4) is 11.9 Å². The lowest BCUT2D eigenvalue weighted by Gasteiger charge is -2.34. The van der Waals surface area contributed by atoms with Crippen molar-refractivity contribution in [3.05, 3.63) is 35.5 Å². The molecule has 4 rings (SSSR count). The molecule has 3 heterocycles. The fourth-order valence-electron chi connectivity index (χ4n) is 5.14. The van der Waals surface area contributed by atoms with E-state index in [1.165, 1.54) is 4.90 Å². The Balaban J connectivity index is 1.75. The minimum Gasteiger partial charge on any atom is -0.472 e. The van der Waals surface area contributed by atoms with Crippen molar-refractivity contribution in [2.45, 2.75) is 78.0 Å². The Hall–Kier alpha value is -3.87. The third-order valence-electron chi connectivity index (χ3n) is 7.12. The first kappa shape index (κ1) is 28.1. The summed E-state index contributed by atoms with van der Waals surface area (Å²) in [6.45, 7) is 7.73. The van der Waals surface area contributed by atoms with Gasteiger partial charge in [-0.25, -0.2) is 14.6 Å². The SMILES string of the molecule is CCOC(=O)[C@@H]1C[C@@H]2CN1C(=O)[C@H](C(C)(C)C)NC(=O)OCCCCCc1cc(C#N)c3ccnc(c3c1)O2. The number of hydrogen-bond donors (Lipinski definition) is 1. The van der Waals surface area contributed by atoms with E-state index >= 15 is 0 Å². The number of fused-ring (bicyclic) bond motifs is 3. The standard InChI is InChI=1S/C29H36N4O6/c1-5-37-27(35)23-15-20-17-33(23)26(34)24(29(2,3)4)32-28(36)38-12-8-6-7-9-18-13-19(16-30)21-10-11-31-25(39-20)22(21)14-18/h10-11,13-14,20,23-24H,5-9,12,15,17H2,1-4H3,(H,32,36)/t20-,23+,24-/m1/s1. The maximum atomic E-state index is 13.9. The van der Waals surface area contributed by atoms with Crippen LogP contribution < -0.4 is 10.1 Å². The monoisotopic (exact) mass is 536 g/mol. The molecule has 39 heavy (non-hydrogen) atoms. The second-order valence-corrected chi connectivity index (χ2v) is 11.1. The summed E-state index contributed by atoms with van der Waals surface area (Å²) in [5, 5.41) is 14.0. The average molecular weight is 537 g/mol. The van der Waals surface area contributed by atoms with Crippen LogP contribution in [-0.4, -0.2) is 65.8 Å². The average Bonchev–Trinajstić information content (AvgIpc) is 3.31. The largest absolute Gasteiger partial charge is 0.472 e. The second kappa shape index (κ2) is 11.9. The number of nitrogens with one attached hydrogen (secondary N) is 1. The summed E-state index contributed by atoms with van der Waals surface area (Å²) < 4.78 is 17.0. The highest BCUT2D eigenvalue weighted by Crippen LogP contribution is 2.32. The van der Waals surface area contributed by atoms with Crippen molar-refractivity contribution >= 4 is 28.7 Å². The number of amides is 2. The van der Waals surface area contributed by atoms with E-state index in [1.54, 1.807) is 19.2 Å². The molecule has 0 unspecified atom stereocenters. The molecule has 2 aliphatic heterocycles. The lowest BCUT2D eigenvalue weighted by Crippen LogP contribution is -2.57. The van der Waals surface area contributed by atoms with Crippen molar-refractivity contribution in [1.82, 2.24) is 15.2 Å². The minimum absolute atomic E-state index is 0.106. The van der Waals surface area contributed by atoms with Gasteiger partial charge >= 0.3 is 12.1 Å². The lowest BCUT2D eigenvalue weighted by atomic mass is 9.85. The van der Waals surface area contributed by atoms with Crippen molar-refractivity contribution in [3.63, 3.8) is 0 Å². The van der Waals surface area contributed by atoms with Crippen LogP contribution in [0.2, 0.25) is 0 Å². The van der Waals surface area contributed by atoms with Crippen LogP contribution >= 0.6 is 0 Å². The van der Waals surface area contributed by atoms with Gasteiger partial charge in [0.05, 0.1) is 31.4 Å². The number of benzene rings is 1. The number of aromatic nitrogens is 1. The van der Waals surface area contributed by atoms with Gasteiger partial charge in [0.15, 0.2) is 0 Å². The molecule has 0 aliphatic carbocycles. The molecule has 1 fully saturated rings. The summed E-state index contributed by atoms with van der Waals surface area (Å²) in [6, 6.07) is 6.12. The zero-order valence-electron chi connectivity index (χ0n) is 23.0. The van der Waals surface area contributed by atoms with Crippen molar-refractivity contribution < 1.29 is 28.6 Å². The number of hydrogen-bond acceptors (Lipinski definition) is 8. The number of nitriles is 1. The summed E-state index contributed by atoms with van der Waals surface area (Å²) >= 11 is 0. The number of esters is 1. The summed E-state index contributed by atoms with van der Waals surface area (Å²) in [5.74, 6) is -0.592. The number of cyclic esters (lactones) is 1. The van der Waals surface area contributed by atoms with E-state index in [4.69, 9.17) is 14.2 Å². The first-order valence-corrected chi connectivity index (χ1v) is 13.5. The predicted molar refractivity (Wildman–Crippen MR) is 143 cm³/mol. The lowest BCUT2D eigenvalue weighted by molar-refractivity contribution is -0.154. The van der Waals surface area contributed by atoms with Gasteiger partial charge in [-0.1, -0.05) is 20.8 Å². The third-order valence-corrected chi connectivity index (χ3v) is 7.12. The zero-order chi connectivity index (χ0) is 28.2. The van der Waals surface area contributed by atoms with E-state index in [2.05, 4.69) is 16.4 Å². The quantitative estimate of drug-likeness (QED) is 0.572. The van der Waals surface area contributed by atoms with Gasteiger partial charge in [0.1, 0.15) is 18.2 Å². The van der Waals surface area contributed by atoms with Crippen LogP contribution in [0.3, 0.4) is 0 Å². The molecule has 1 N–H and O–H groups in total. The summed E-state index contributed by atoms with van der Waals surface area (Å²) in [6.07, 6.45) is 3.64. The van der Waals surface area contributed by atoms with E-state index in [0.29, 0.717) is 23.3 Å². The highest BCUT2D eigenvalue weighted by molar-refractivity contribution is 5.92. The van der Waals surface area contributed by atoms with Crippen LogP contribution in [0.5, 0.6) is 5.88 Å². The molecule has 1 saturated heterocycles. The first-order valence-electron chi connectivity index (χ1n) is 13.5. The summed E-state index contributed by atoms with van der Waals surface area (Å²) in [5.41, 5.74) is 0.859. The fraction of sp³-hybridized carbons (Fsp3) is 0.552. The molecule has 2 aromatic rings. The normalized spacial score (nSPS) is 22.7. The smallest absolute Gasteiger partial charge is 0.407 e. The molecule has 0 radical (unpaired) electrons. The van der Waals surface area contributed by atoms with Gasteiger partial charge in [-0.05, 0) is 61.8 Å². The molecule has 2 amide bonds. The minimum atomic E-state index is -0.934. The maximum absolute atomic E-state index is 13.9. The van der Waals surface area contributed by atoms with Crippen LogP contribution in [0.1, 0.15) is 64.5 Å². The Labute approximate surface area is 228 Å². The van der Waals surface area contributed by atoms with Gasteiger partial charge in [0, 0.05) is 23.4 Å². The van der Waals surface area contributed by atoms with Crippen molar-refractivity contribution in [1.29, 1.82) is 5.26 Å². The molecule has 10 heteroatoms. The van der Waals surface area contributed by atoms with Crippen LogP contribution in [0.15, 0.2) is 24.4 Å². The van der Waals surface area contributed by atoms with Crippen LogP contribution in [0.4, 0.5) is 4.79 Å². The van der Waals surface area contributed by atoms with Crippen molar-refractivity contribution in [2.75, 3.05) is 19.8 Å². The number of alkyl carbamates (subject to hydrolysis) is 1. The number of nitrogens with zero attached hydrogens (tertiary/aromatic N) is 3. The van der Waals surface area contributed by atoms with E-state index in [1.807, 2.05) is 32.9 Å². The molecule has 10 nitrogen and oxygen atoms in total. The van der Waals surface area contributed by atoms with Crippen molar-refractivity contribution in [2.24, 2.45) is 5.41 Å². The van der Waals surface area contributed by atoms with E-state index in [-0.39, 0.29) is 26.2 Å². The van der Waals surface area contributed by atoms with Gasteiger partial charge in [-0.2, -0.15) is 5.26 Å². The Morgan fingerprint density at radius 2 is 2.03 bits per heavy atom. The molecular formula is C29H36N4O6. The highest BCUT2D eigenvalue weighted by atomic mass is 16.5. The molecule has 3 atom stereocenters. The van der Waals surface area contributed by atoms with Gasteiger partial charge in [-0.3, -0.25) is 4.79 Å². The topological polar surface area (TPSA) is 131 Å². The summed E-state index contributed by atoms with van der Waals surface area (Å²) in [4.78, 5) is 45.3. The van der Waals surface area contributed by atoms with Crippen LogP contribution in [0, 0.1) is 16.7 Å². The highest BCUT2D eigenvalue weighted by Gasteiger charge is 2.46. The van der Waals surface area contributed by atoms with Crippen LogP contribution in [-0.2, 0) is 25.5 Å². The Morgan fingerprint density at radius 1 is 1.23 bits per heavy atom. The number of ether oxygens (including phenoxy) is 3. The van der Waals surface area contributed by atoms with Crippen LogP contribution in [0.25, 0.3) is 10.8 Å². The maximum Gasteiger partial charge on any atom is 0.407 e. The predicted octanol–water partition coefficient (Wildman–Crippen LogP) is 3.89. The molecule has 4 bridgehead atoms. The van der Waals surface area contributed by atoms with E-state index < -0.39 is 41.6 Å². The molecule has 1 aromatic carbocycles. The molecule has 0 saturated carbocycles. The molecule has 1 aromatic heterocycles. The Morgan fingerprint density at radius 3 is 2.74 bits per heavy atom. The Kier molecular flexibility index (Phi) is 8.58. The number of aryl methyl sites for hydroxylation is 1. The third kappa shape index (κ3) is 6.41. The second-order valence-electron chi connectivity index (χ2n) is 11.1. The van der Waals surface area contributed by atoms with Gasteiger partial charge in [0.2, 0.25) is 11.8 Å². The molecule has 208 valence electrons. The first-order chi connectivity index (χ1) is 18.6. The summed E-state index contributed by atoms with van der Waals surface area (Å²) in [7, 11) is 0. The molecular weight excluding hydrogens is 500 g/mol.